The molecule has 0 radical (unpaired) electrons. The Bertz CT molecular complexity index is 281. The van der Waals surface area contributed by atoms with Gasteiger partial charge in [0, 0.05) is 18.1 Å². The van der Waals surface area contributed by atoms with Crippen LogP contribution in [0.5, 0.6) is 0 Å². The van der Waals surface area contributed by atoms with Crippen molar-refractivity contribution >= 4 is 0 Å². The van der Waals surface area contributed by atoms with Gasteiger partial charge in [-0.25, -0.2) is 0 Å². The van der Waals surface area contributed by atoms with Crippen LogP contribution in [-0.4, -0.2) is 73.4 Å². The Balaban J connectivity index is 1.81. The predicted octanol–water partition coefficient (Wildman–Crippen LogP) is 0.763. The van der Waals surface area contributed by atoms with Crippen LogP contribution in [0.15, 0.2) is 0 Å². The molecule has 0 saturated carbocycles. The van der Waals surface area contributed by atoms with E-state index in [0.29, 0.717) is 0 Å². The SMILES string of the molecule is CNC(C)(CO)CCN1CCC2C(CCCN2C)C1. The number of aliphatic hydroxyl groups is 1. The molecule has 0 bridgehead atoms. The number of nitrogens with one attached hydrogen (secondary N) is 1. The molecule has 112 valence electrons. The highest BCUT2D eigenvalue weighted by Crippen LogP contribution is 2.29. The van der Waals surface area contributed by atoms with Crippen molar-refractivity contribution in [1.29, 1.82) is 0 Å². The smallest absolute Gasteiger partial charge is 0.0610 e. The first-order valence-electron chi connectivity index (χ1n) is 7.80. The number of hydrogen-bond acceptors (Lipinski definition) is 4. The maximum atomic E-state index is 9.45. The lowest BCUT2D eigenvalue weighted by atomic mass is 9.84. The highest BCUT2D eigenvalue weighted by atomic mass is 16.3. The van der Waals surface area contributed by atoms with Crippen molar-refractivity contribution in [2.45, 2.75) is 44.2 Å². The number of likely N-dealkylation sites (tertiary alicyclic amines) is 2. The highest BCUT2D eigenvalue weighted by molar-refractivity contribution is 4.90. The van der Waals surface area contributed by atoms with Gasteiger partial charge in [-0.1, -0.05) is 0 Å². The summed E-state index contributed by atoms with van der Waals surface area (Å²) in [5.41, 5.74) is -0.125. The summed E-state index contributed by atoms with van der Waals surface area (Å²) in [6.07, 6.45) is 5.09. The fourth-order valence-corrected chi connectivity index (χ4v) is 3.62. The van der Waals surface area contributed by atoms with Crippen molar-refractivity contribution in [2.24, 2.45) is 5.92 Å². The number of likely N-dealkylation sites (N-methyl/N-ethyl adjacent to an activating group) is 1. The van der Waals surface area contributed by atoms with E-state index in [2.05, 4.69) is 29.1 Å². The quantitative estimate of drug-likeness (QED) is 0.773. The van der Waals surface area contributed by atoms with Crippen molar-refractivity contribution in [3.63, 3.8) is 0 Å². The third-order valence-corrected chi connectivity index (χ3v) is 5.36. The number of fused-ring (bicyclic) bond motifs is 1. The maximum Gasteiger partial charge on any atom is 0.0610 e. The summed E-state index contributed by atoms with van der Waals surface area (Å²) in [5, 5.41) is 12.7. The summed E-state index contributed by atoms with van der Waals surface area (Å²) in [6.45, 7) is 7.17. The molecule has 19 heavy (non-hydrogen) atoms. The van der Waals surface area contributed by atoms with E-state index in [1.807, 2.05) is 7.05 Å². The Morgan fingerprint density at radius 1 is 1.32 bits per heavy atom. The Morgan fingerprint density at radius 2 is 2.11 bits per heavy atom. The molecule has 0 aromatic heterocycles. The average Bonchev–Trinajstić information content (AvgIpc) is 2.45. The van der Waals surface area contributed by atoms with Crippen LogP contribution in [0.1, 0.15) is 32.6 Å². The number of hydrogen-bond donors (Lipinski definition) is 2. The molecule has 2 saturated heterocycles. The normalized spacial score (nSPS) is 32.8. The van der Waals surface area contributed by atoms with E-state index in [0.717, 1.165) is 24.9 Å². The third kappa shape index (κ3) is 3.69. The fourth-order valence-electron chi connectivity index (χ4n) is 3.62. The van der Waals surface area contributed by atoms with E-state index < -0.39 is 0 Å². The van der Waals surface area contributed by atoms with E-state index in [-0.39, 0.29) is 12.1 Å². The van der Waals surface area contributed by atoms with E-state index >= 15 is 0 Å². The zero-order chi connectivity index (χ0) is 13.9. The molecule has 0 spiro atoms. The van der Waals surface area contributed by atoms with E-state index in [1.54, 1.807) is 0 Å². The van der Waals surface area contributed by atoms with Gasteiger partial charge in [0.2, 0.25) is 0 Å². The van der Waals surface area contributed by atoms with Crippen LogP contribution in [0.3, 0.4) is 0 Å². The summed E-state index contributed by atoms with van der Waals surface area (Å²) < 4.78 is 0. The molecule has 4 heteroatoms. The van der Waals surface area contributed by atoms with Crippen LogP contribution in [0, 0.1) is 5.92 Å². The molecule has 0 aliphatic carbocycles. The van der Waals surface area contributed by atoms with E-state index in [1.165, 1.54) is 38.9 Å². The summed E-state index contributed by atoms with van der Waals surface area (Å²) >= 11 is 0. The standard InChI is InChI=1S/C15H31N3O/c1-15(12-19,16-2)7-10-18-9-6-14-13(11-18)5-4-8-17(14)3/h13-14,16,19H,4-12H2,1-3H3. The van der Waals surface area contributed by atoms with Crippen LogP contribution >= 0.6 is 0 Å². The first-order chi connectivity index (χ1) is 9.08. The zero-order valence-electron chi connectivity index (χ0n) is 12.9. The lowest BCUT2D eigenvalue weighted by molar-refractivity contribution is 0.0332. The molecule has 2 aliphatic heterocycles. The molecule has 0 amide bonds. The molecule has 3 unspecified atom stereocenters. The van der Waals surface area contributed by atoms with Crippen LogP contribution in [-0.2, 0) is 0 Å². The Hall–Kier alpha value is -0.160. The second-order valence-corrected chi connectivity index (χ2v) is 6.76. The van der Waals surface area contributed by atoms with Crippen molar-refractivity contribution in [3.8, 4) is 0 Å². The van der Waals surface area contributed by atoms with Crippen molar-refractivity contribution < 1.29 is 5.11 Å². The molecule has 0 aromatic carbocycles. The van der Waals surface area contributed by atoms with Gasteiger partial charge in [0.1, 0.15) is 0 Å². The van der Waals surface area contributed by atoms with Crippen LogP contribution in [0.4, 0.5) is 0 Å². The van der Waals surface area contributed by atoms with Gasteiger partial charge in [-0.05, 0) is 72.3 Å². The second kappa shape index (κ2) is 6.53. The largest absolute Gasteiger partial charge is 0.394 e. The van der Waals surface area contributed by atoms with Gasteiger partial charge in [0.25, 0.3) is 0 Å². The maximum absolute atomic E-state index is 9.45. The average molecular weight is 269 g/mol. The van der Waals surface area contributed by atoms with Crippen molar-refractivity contribution in [1.82, 2.24) is 15.1 Å². The lowest BCUT2D eigenvalue weighted by Crippen LogP contribution is -2.54. The van der Waals surface area contributed by atoms with Gasteiger partial charge in [-0.2, -0.15) is 0 Å². The first-order valence-corrected chi connectivity index (χ1v) is 7.80. The topological polar surface area (TPSA) is 38.7 Å². The summed E-state index contributed by atoms with van der Waals surface area (Å²) in [4.78, 5) is 5.17. The highest BCUT2D eigenvalue weighted by Gasteiger charge is 2.34. The minimum absolute atomic E-state index is 0.125. The molecular formula is C15H31N3O. The second-order valence-electron chi connectivity index (χ2n) is 6.76. The number of nitrogens with zero attached hydrogens (tertiary/aromatic N) is 2. The van der Waals surface area contributed by atoms with Gasteiger partial charge in [0.15, 0.2) is 0 Å². The van der Waals surface area contributed by atoms with Gasteiger partial charge < -0.3 is 20.2 Å². The molecular weight excluding hydrogens is 238 g/mol. The van der Waals surface area contributed by atoms with Crippen molar-refractivity contribution in [2.75, 3.05) is 46.9 Å². The van der Waals surface area contributed by atoms with Crippen LogP contribution in [0.2, 0.25) is 0 Å². The minimum Gasteiger partial charge on any atom is -0.394 e. The van der Waals surface area contributed by atoms with Crippen LogP contribution < -0.4 is 5.32 Å². The Morgan fingerprint density at radius 3 is 2.79 bits per heavy atom. The van der Waals surface area contributed by atoms with E-state index in [4.69, 9.17) is 0 Å². The molecule has 2 fully saturated rings. The fraction of sp³-hybridized carbons (Fsp3) is 1.00. The number of piperidine rings is 2. The molecule has 2 aliphatic rings. The molecule has 3 atom stereocenters. The molecule has 4 nitrogen and oxygen atoms in total. The Kier molecular flexibility index (Phi) is 5.23. The van der Waals surface area contributed by atoms with Gasteiger partial charge >= 0.3 is 0 Å². The summed E-state index contributed by atoms with van der Waals surface area (Å²) in [7, 11) is 4.23. The van der Waals surface area contributed by atoms with Crippen LogP contribution in [0.25, 0.3) is 0 Å². The first kappa shape index (κ1) is 15.2. The predicted molar refractivity (Wildman–Crippen MR) is 79.4 cm³/mol. The summed E-state index contributed by atoms with van der Waals surface area (Å²) in [6, 6.07) is 0.818. The number of rotatable bonds is 5. The van der Waals surface area contributed by atoms with Gasteiger partial charge in [-0.3, -0.25) is 0 Å². The van der Waals surface area contributed by atoms with E-state index in [9.17, 15) is 5.11 Å². The summed E-state index contributed by atoms with van der Waals surface area (Å²) in [5.74, 6) is 0.863. The van der Waals surface area contributed by atoms with Crippen molar-refractivity contribution in [3.05, 3.63) is 0 Å². The van der Waals surface area contributed by atoms with Gasteiger partial charge in [0.05, 0.1) is 6.61 Å². The zero-order valence-corrected chi connectivity index (χ0v) is 12.9. The molecule has 2 heterocycles. The lowest BCUT2D eigenvalue weighted by Gasteiger charge is -2.46. The minimum atomic E-state index is -0.125. The monoisotopic (exact) mass is 269 g/mol. The third-order valence-electron chi connectivity index (χ3n) is 5.36. The molecule has 2 rings (SSSR count). The number of aliphatic hydroxyl groups excluding tert-OH is 1. The Labute approximate surface area is 118 Å². The van der Waals surface area contributed by atoms with Gasteiger partial charge in [-0.15, -0.1) is 0 Å². The molecule has 2 N–H and O–H groups in total. The molecule has 0 aromatic rings.